The Kier molecular flexibility index (Phi) is 1.57. The highest BCUT2D eigenvalue weighted by Crippen LogP contribution is 2.37. The quantitative estimate of drug-likeness (QED) is 0.618. The van der Waals surface area contributed by atoms with Crippen molar-refractivity contribution in [2.75, 3.05) is 0 Å². The Morgan fingerprint density at radius 1 is 1.25 bits per heavy atom. The standard InChI is InChI=1S/C6HBrF2N3/c7-2-1-3-6(11-12-10-3)5(9)4(2)8/h1H. The van der Waals surface area contributed by atoms with Crippen molar-refractivity contribution in [3.05, 3.63) is 22.2 Å². The number of hydrogen-bond donors (Lipinski definition) is 0. The number of nitrogens with zero attached hydrogens (tertiary/aromatic N) is 3. The summed E-state index contributed by atoms with van der Waals surface area (Å²) in [4.78, 5) is 0. The van der Waals surface area contributed by atoms with E-state index in [0.29, 0.717) is 0 Å². The zero-order valence-corrected chi connectivity index (χ0v) is 7.14. The molecule has 0 N–H and O–H groups in total. The largest absolute Gasteiger partial charge is 0.202 e. The second-order valence-corrected chi connectivity index (χ2v) is 3.00. The predicted octanol–water partition coefficient (Wildman–Crippen LogP) is 2.98. The third-order valence-electron chi connectivity index (χ3n) is 1.41. The van der Waals surface area contributed by atoms with Crippen molar-refractivity contribution in [2.45, 2.75) is 0 Å². The summed E-state index contributed by atoms with van der Waals surface area (Å²) >= 11 is 2.84. The van der Waals surface area contributed by atoms with Crippen molar-refractivity contribution in [3.63, 3.8) is 0 Å². The van der Waals surface area contributed by atoms with Gasteiger partial charge in [-0.1, -0.05) is 0 Å². The molecule has 1 radical (unpaired) electrons. The minimum atomic E-state index is -1.02. The molecule has 1 heterocycles. The van der Waals surface area contributed by atoms with Crippen LogP contribution in [0.3, 0.4) is 0 Å². The van der Waals surface area contributed by atoms with E-state index in [9.17, 15) is 8.78 Å². The monoisotopic (exact) mass is 232 g/mol. The maximum atomic E-state index is 12.9. The lowest BCUT2D eigenvalue weighted by atomic mass is 10.2. The molecule has 1 aromatic carbocycles. The highest BCUT2D eigenvalue weighted by molar-refractivity contribution is 9.10. The molecule has 1 aliphatic rings. The molecule has 0 fully saturated rings. The van der Waals surface area contributed by atoms with Crippen molar-refractivity contribution in [3.8, 4) is 0 Å². The first-order chi connectivity index (χ1) is 5.70. The van der Waals surface area contributed by atoms with Crippen LogP contribution in [0.2, 0.25) is 0 Å². The van der Waals surface area contributed by atoms with Crippen molar-refractivity contribution < 1.29 is 8.78 Å². The fourth-order valence-electron chi connectivity index (χ4n) is 0.860. The van der Waals surface area contributed by atoms with Gasteiger partial charge >= 0.3 is 0 Å². The fourth-order valence-corrected chi connectivity index (χ4v) is 1.25. The Bertz CT molecular complexity index is 378. The van der Waals surface area contributed by atoms with Crippen LogP contribution in [0.25, 0.3) is 0 Å². The molecule has 0 bridgehead atoms. The van der Waals surface area contributed by atoms with E-state index < -0.39 is 11.6 Å². The summed E-state index contributed by atoms with van der Waals surface area (Å²) in [5.74, 6) is -1.99. The molecule has 61 valence electrons. The predicted molar refractivity (Wildman–Crippen MR) is 40.4 cm³/mol. The van der Waals surface area contributed by atoms with Gasteiger partial charge in [0.2, 0.25) is 0 Å². The average molecular weight is 233 g/mol. The lowest BCUT2D eigenvalue weighted by molar-refractivity contribution is 0.503. The van der Waals surface area contributed by atoms with E-state index in [-0.39, 0.29) is 15.8 Å². The molecule has 0 unspecified atom stereocenters. The summed E-state index contributed by atoms with van der Waals surface area (Å²) in [5.41, 5.74) is 3.42. The molecule has 12 heavy (non-hydrogen) atoms. The minimum Gasteiger partial charge on any atom is -0.202 e. The average Bonchev–Trinajstić information content (AvgIpc) is 2.48. The highest BCUT2D eigenvalue weighted by atomic mass is 79.9. The normalized spacial score (nSPS) is 12.9. The molecule has 0 aliphatic carbocycles. The lowest BCUT2D eigenvalue weighted by Crippen LogP contribution is -1.91. The summed E-state index contributed by atoms with van der Waals surface area (Å²) in [7, 11) is 0. The van der Waals surface area contributed by atoms with Crippen LogP contribution in [-0.4, -0.2) is 0 Å². The second kappa shape index (κ2) is 2.48. The maximum Gasteiger partial charge on any atom is 0.189 e. The number of halogens is 3. The Morgan fingerprint density at radius 2 is 2.00 bits per heavy atom. The summed E-state index contributed by atoms with van der Waals surface area (Å²) in [6.45, 7) is 0. The van der Waals surface area contributed by atoms with Crippen molar-refractivity contribution in [1.29, 1.82) is 0 Å². The van der Waals surface area contributed by atoms with Crippen LogP contribution < -0.4 is 5.43 Å². The van der Waals surface area contributed by atoms with E-state index in [1.807, 2.05) is 0 Å². The first-order valence-corrected chi connectivity index (χ1v) is 3.78. The molecule has 0 aromatic heterocycles. The zero-order chi connectivity index (χ0) is 8.72. The van der Waals surface area contributed by atoms with Gasteiger partial charge in [0, 0.05) is 0 Å². The molecule has 1 aromatic rings. The highest BCUT2D eigenvalue weighted by Gasteiger charge is 2.21. The molecule has 0 amide bonds. The van der Waals surface area contributed by atoms with Gasteiger partial charge in [-0.2, -0.15) is 0 Å². The molecule has 0 spiro atoms. The summed E-state index contributed by atoms with van der Waals surface area (Å²) in [6.07, 6.45) is 0. The molecular weight excluding hydrogens is 232 g/mol. The number of fused-ring (bicyclic) bond motifs is 1. The number of rotatable bonds is 0. The maximum absolute atomic E-state index is 12.9. The first-order valence-electron chi connectivity index (χ1n) is 2.99. The topological polar surface area (TPSA) is 38.8 Å². The van der Waals surface area contributed by atoms with Crippen LogP contribution >= 0.6 is 15.9 Å². The summed E-state index contributed by atoms with van der Waals surface area (Å²) in [5, 5.41) is 6.70. The van der Waals surface area contributed by atoms with Crippen LogP contribution in [0.1, 0.15) is 0 Å². The Labute approximate surface area is 74.6 Å². The first kappa shape index (κ1) is 7.60. The Balaban J connectivity index is 2.72. The van der Waals surface area contributed by atoms with Gasteiger partial charge in [0.15, 0.2) is 17.3 Å². The van der Waals surface area contributed by atoms with E-state index in [1.165, 1.54) is 6.07 Å². The van der Waals surface area contributed by atoms with Crippen molar-refractivity contribution in [1.82, 2.24) is 5.43 Å². The molecule has 0 atom stereocenters. The van der Waals surface area contributed by atoms with Gasteiger partial charge in [0.1, 0.15) is 5.69 Å². The minimum absolute atomic E-state index is 0.0230. The van der Waals surface area contributed by atoms with E-state index in [2.05, 4.69) is 31.7 Å². The molecular formula is C6HBrF2N3. The molecule has 6 heteroatoms. The fraction of sp³-hybridized carbons (Fsp3) is 0. The van der Waals surface area contributed by atoms with Gasteiger partial charge in [0.05, 0.1) is 4.47 Å². The van der Waals surface area contributed by atoms with E-state index in [0.717, 1.165) is 0 Å². The van der Waals surface area contributed by atoms with Gasteiger partial charge in [-0.3, -0.25) is 0 Å². The van der Waals surface area contributed by atoms with Crippen molar-refractivity contribution in [2.24, 2.45) is 10.3 Å². The van der Waals surface area contributed by atoms with E-state index >= 15 is 0 Å². The van der Waals surface area contributed by atoms with Crippen LogP contribution in [0.4, 0.5) is 20.2 Å². The molecule has 2 rings (SSSR count). The van der Waals surface area contributed by atoms with Gasteiger partial charge in [-0.05, 0) is 27.2 Å². The van der Waals surface area contributed by atoms with Crippen molar-refractivity contribution >= 4 is 27.3 Å². The second-order valence-electron chi connectivity index (χ2n) is 2.14. The van der Waals surface area contributed by atoms with Crippen LogP contribution in [0.5, 0.6) is 0 Å². The number of hydrogen-bond acceptors (Lipinski definition) is 2. The van der Waals surface area contributed by atoms with Crippen LogP contribution in [0.15, 0.2) is 20.9 Å². The van der Waals surface area contributed by atoms with E-state index in [1.54, 1.807) is 0 Å². The Morgan fingerprint density at radius 3 is 2.75 bits per heavy atom. The van der Waals surface area contributed by atoms with Crippen LogP contribution in [0, 0.1) is 11.6 Å². The molecule has 1 aliphatic heterocycles. The van der Waals surface area contributed by atoms with Gasteiger partial charge < -0.3 is 0 Å². The van der Waals surface area contributed by atoms with Gasteiger partial charge in [0.25, 0.3) is 0 Å². The zero-order valence-electron chi connectivity index (χ0n) is 5.55. The summed E-state index contributed by atoms with van der Waals surface area (Å²) in [6, 6.07) is 1.33. The van der Waals surface area contributed by atoms with Crippen LogP contribution in [-0.2, 0) is 0 Å². The number of benzene rings is 1. The third kappa shape index (κ3) is 0.911. The molecule has 0 saturated heterocycles. The molecule has 3 nitrogen and oxygen atoms in total. The van der Waals surface area contributed by atoms with Gasteiger partial charge in [-0.15, -0.1) is 10.5 Å². The lowest BCUT2D eigenvalue weighted by Gasteiger charge is -1.99. The third-order valence-corrected chi connectivity index (χ3v) is 1.99. The van der Waals surface area contributed by atoms with Gasteiger partial charge in [-0.25, -0.2) is 8.78 Å². The summed E-state index contributed by atoms with van der Waals surface area (Å²) < 4.78 is 25.8. The van der Waals surface area contributed by atoms with E-state index in [4.69, 9.17) is 0 Å². The smallest absolute Gasteiger partial charge is 0.189 e. The Hall–Kier alpha value is -1.04. The molecule has 0 saturated carbocycles. The SMILES string of the molecule is Fc1c(Br)cc2c(c1F)[N]N=N2.